The first-order valence-corrected chi connectivity index (χ1v) is 21.9. The van der Waals surface area contributed by atoms with E-state index in [-0.39, 0.29) is 34.0 Å². The van der Waals surface area contributed by atoms with E-state index in [0.717, 1.165) is 89.9 Å². The van der Waals surface area contributed by atoms with Gasteiger partial charge in [-0.25, -0.2) is 0 Å². The molecule has 0 aromatic carbocycles. The molecule has 51 heavy (non-hydrogen) atoms. The van der Waals surface area contributed by atoms with Crippen LogP contribution in [0.1, 0.15) is 144 Å². The molecule has 4 fully saturated rings. The molecule has 8 rings (SSSR count). The van der Waals surface area contributed by atoms with Crippen molar-refractivity contribution in [1.29, 1.82) is 0 Å². The number of hydrogen-bond acceptors (Lipinski definition) is 6. The third kappa shape index (κ3) is 5.41. The third-order valence-electron chi connectivity index (χ3n) is 16.8. The van der Waals surface area contributed by atoms with Crippen LogP contribution in [-0.2, 0) is 25.3 Å². The van der Waals surface area contributed by atoms with Gasteiger partial charge in [-0.1, -0.05) is 0 Å². The van der Waals surface area contributed by atoms with Crippen molar-refractivity contribution in [2.45, 2.75) is 156 Å². The SMILES string of the molecule is CC(O[I-]OC(C)C(=O)C1(C)CCC2C3CCC4=CC(=O)CCC4=C3CCC21C)C(=O)C1(C)CCC2C3CCC4=CC(=O)CCC4=C3CCC21C. The van der Waals surface area contributed by atoms with Crippen LogP contribution in [0, 0.1) is 45.3 Å². The predicted octanol–water partition coefficient (Wildman–Crippen LogP) is 6.28. The van der Waals surface area contributed by atoms with E-state index >= 15 is 0 Å². The van der Waals surface area contributed by atoms with E-state index in [9.17, 15) is 19.2 Å². The molecule has 4 saturated carbocycles. The molecule has 0 spiro atoms. The summed E-state index contributed by atoms with van der Waals surface area (Å²) in [6, 6.07) is 0. The summed E-state index contributed by atoms with van der Waals surface area (Å²) in [7, 11) is 0. The Kier molecular flexibility index (Phi) is 9.22. The molecule has 8 aliphatic rings. The van der Waals surface area contributed by atoms with Crippen molar-refractivity contribution >= 4 is 23.1 Å². The van der Waals surface area contributed by atoms with Crippen molar-refractivity contribution in [1.82, 2.24) is 0 Å². The van der Waals surface area contributed by atoms with E-state index in [2.05, 4.69) is 27.7 Å². The molecule has 0 aliphatic heterocycles. The van der Waals surface area contributed by atoms with Gasteiger partial charge >= 0.3 is 308 Å². The van der Waals surface area contributed by atoms with Crippen LogP contribution in [0.15, 0.2) is 45.6 Å². The Balaban J connectivity index is 0.897. The van der Waals surface area contributed by atoms with Crippen LogP contribution >= 0.6 is 0 Å². The number of ketones is 4. The minimum atomic E-state index is -1.25. The molecule has 0 N–H and O–H groups in total. The first kappa shape index (κ1) is 36.3. The zero-order chi connectivity index (χ0) is 36.1. The number of rotatable bonds is 8. The second-order valence-electron chi connectivity index (χ2n) is 18.6. The van der Waals surface area contributed by atoms with Gasteiger partial charge in [0.2, 0.25) is 0 Å². The quantitative estimate of drug-likeness (QED) is 0.269. The Morgan fingerprint density at radius 1 is 0.608 bits per heavy atom. The van der Waals surface area contributed by atoms with Crippen molar-refractivity contribution < 1.29 is 47.3 Å². The van der Waals surface area contributed by atoms with E-state index in [0.29, 0.717) is 36.5 Å². The van der Waals surface area contributed by atoms with Gasteiger partial charge in [0.15, 0.2) is 0 Å². The van der Waals surface area contributed by atoms with Gasteiger partial charge in [-0.2, -0.15) is 0 Å². The second-order valence-corrected chi connectivity index (χ2v) is 20.0. The Labute approximate surface area is 316 Å². The zero-order valence-electron chi connectivity index (χ0n) is 31.8. The first-order chi connectivity index (χ1) is 24.2. The monoisotopic (exact) mass is 809 g/mol. The number of Topliss-reactive ketones (excluding diaryl/α,β-unsaturated/α-hetero) is 2. The summed E-state index contributed by atoms with van der Waals surface area (Å²) in [6.07, 6.45) is 18.0. The van der Waals surface area contributed by atoms with Crippen LogP contribution in [0.5, 0.6) is 0 Å². The molecule has 0 amide bonds. The third-order valence-corrected chi connectivity index (χ3v) is 18.8. The van der Waals surface area contributed by atoms with Crippen molar-refractivity contribution in [3.05, 3.63) is 45.6 Å². The van der Waals surface area contributed by atoms with E-state index in [1.807, 2.05) is 26.0 Å². The molecule has 0 bridgehead atoms. The molecule has 0 aromatic heterocycles. The maximum absolute atomic E-state index is 14.3. The molecule has 10 atom stereocenters. The Hall–Kier alpha value is -1.71. The van der Waals surface area contributed by atoms with Crippen molar-refractivity contribution in [2.75, 3.05) is 0 Å². The molecular weight excluding hydrogens is 751 g/mol. The topological polar surface area (TPSA) is 86.7 Å². The van der Waals surface area contributed by atoms with Gasteiger partial charge in [-0.05, 0) is 0 Å². The maximum atomic E-state index is 14.3. The van der Waals surface area contributed by atoms with Crippen LogP contribution in [0.2, 0.25) is 0 Å². The Bertz CT molecular complexity index is 1580. The van der Waals surface area contributed by atoms with Crippen LogP contribution in [-0.4, -0.2) is 35.3 Å². The molecule has 8 aliphatic carbocycles. The number of fused-ring (bicyclic) bond motifs is 8. The van der Waals surface area contributed by atoms with E-state index < -0.39 is 45.1 Å². The number of allylic oxidation sites excluding steroid dienone is 8. The standard InChI is InChI=1S/C44H58IO6/c1-25(39(48)43(5)21-17-37-35-11-7-27-23-29(46)9-13-31(27)33(35)15-19-41(37,43)3)50-45-51-26(2)40(49)44(6)22-18-38-36-12-8-28-24-30(47)10-14-32(28)34(36)16-20-42(38,44)4/h23-26,35-38H,7-22H2,1-6H3/q-1. The Morgan fingerprint density at radius 2 is 1.02 bits per heavy atom. The average molecular weight is 810 g/mol. The molecule has 0 radical (unpaired) electrons. The van der Waals surface area contributed by atoms with E-state index in [1.165, 1.54) is 22.3 Å². The van der Waals surface area contributed by atoms with Gasteiger partial charge in [0.05, 0.1) is 0 Å². The normalized spacial score (nSPS) is 41.5. The van der Waals surface area contributed by atoms with Gasteiger partial charge in [0.25, 0.3) is 0 Å². The van der Waals surface area contributed by atoms with Crippen LogP contribution in [0.4, 0.5) is 0 Å². The van der Waals surface area contributed by atoms with Gasteiger partial charge in [0, 0.05) is 0 Å². The molecule has 6 nitrogen and oxygen atoms in total. The van der Waals surface area contributed by atoms with Crippen molar-refractivity contribution in [2.24, 2.45) is 45.3 Å². The fourth-order valence-electron chi connectivity index (χ4n) is 13.5. The van der Waals surface area contributed by atoms with Crippen molar-refractivity contribution in [3.63, 3.8) is 0 Å². The van der Waals surface area contributed by atoms with Gasteiger partial charge in [-0.15, -0.1) is 0 Å². The summed E-state index contributed by atoms with van der Waals surface area (Å²) in [6.45, 7) is 13.0. The summed E-state index contributed by atoms with van der Waals surface area (Å²) in [5, 5.41) is 0. The molecule has 0 heterocycles. The molecule has 10 unspecified atom stereocenters. The summed E-state index contributed by atoms with van der Waals surface area (Å²) in [5.74, 6) is 2.97. The molecular formula is C44H58IO6-. The van der Waals surface area contributed by atoms with Crippen molar-refractivity contribution in [3.8, 4) is 0 Å². The molecule has 0 saturated heterocycles. The van der Waals surface area contributed by atoms with Gasteiger partial charge in [0.1, 0.15) is 0 Å². The number of hydrogen-bond donors (Lipinski definition) is 0. The average Bonchev–Trinajstić information content (AvgIpc) is 3.56. The summed E-state index contributed by atoms with van der Waals surface area (Å²) in [5.41, 5.74) is 7.66. The number of carbonyl (C=O) groups excluding carboxylic acids is 4. The van der Waals surface area contributed by atoms with Crippen LogP contribution < -0.4 is 22.0 Å². The van der Waals surface area contributed by atoms with Gasteiger partial charge in [-0.3, -0.25) is 9.59 Å². The molecule has 278 valence electrons. The predicted molar refractivity (Wildman–Crippen MR) is 192 cm³/mol. The minimum absolute atomic E-state index is 0.0754. The number of halogens is 1. The van der Waals surface area contributed by atoms with Crippen LogP contribution in [0.25, 0.3) is 0 Å². The second kappa shape index (κ2) is 13.0. The number of carbonyl (C=O) groups is 4. The van der Waals surface area contributed by atoms with Gasteiger partial charge < -0.3 is 0 Å². The zero-order valence-corrected chi connectivity index (χ0v) is 33.9. The first-order valence-electron chi connectivity index (χ1n) is 20.2. The van der Waals surface area contributed by atoms with Crippen LogP contribution in [0.3, 0.4) is 0 Å². The molecule has 7 heteroatoms. The molecule has 0 aromatic rings. The fraction of sp³-hybridized carbons (Fsp3) is 0.727. The van der Waals surface area contributed by atoms with E-state index in [4.69, 9.17) is 6.13 Å². The summed E-state index contributed by atoms with van der Waals surface area (Å²) >= 11 is -1.25. The Morgan fingerprint density at radius 3 is 1.43 bits per heavy atom. The summed E-state index contributed by atoms with van der Waals surface area (Å²) < 4.78 is 12.5. The van der Waals surface area contributed by atoms with E-state index in [1.54, 1.807) is 11.1 Å². The fourth-order valence-corrected chi connectivity index (χ4v) is 14.7. The summed E-state index contributed by atoms with van der Waals surface area (Å²) in [4.78, 5) is 52.9.